The van der Waals surface area contributed by atoms with Crippen LogP contribution in [-0.2, 0) is 4.74 Å². The number of hydrogen-bond donors (Lipinski definition) is 2. The highest BCUT2D eigenvalue weighted by molar-refractivity contribution is 5.31. The van der Waals surface area contributed by atoms with Gasteiger partial charge in [-0.2, -0.15) is 0 Å². The van der Waals surface area contributed by atoms with Gasteiger partial charge in [-0.15, -0.1) is 0 Å². The van der Waals surface area contributed by atoms with Gasteiger partial charge in [0.1, 0.15) is 23.7 Å². The molecular formula is C15H23NO4. The van der Waals surface area contributed by atoms with Crippen LogP contribution in [0.2, 0.25) is 0 Å². The molecule has 1 aromatic rings. The van der Waals surface area contributed by atoms with Gasteiger partial charge >= 0.3 is 0 Å². The van der Waals surface area contributed by atoms with Crippen molar-refractivity contribution in [2.24, 2.45) is 0 Å². The third-order valence-corrected chi connectivity index (χ3v) is 3.70. The maximum absolute atomic E-state index is 10.3. The summed E-state index contributed by atoms with van der Waals surface area (Å²) < 4.78 is 16.1. The van der Waals surface area contributed by atoms with Crippen LogP contribution in [0.5, 0.6) is 11.5 Å². The number of nitrogens with one attached hydrogen (secondary N) is 1. The smallest absolute Gasteiger partial charge is 0.119 e. The van der Waals surface area contributed by atoms with Crippen molar-refractivity contribution in [3.63, 3.8) is 0 Å². The average Bonchev–Trinajstić information content (AvgIpc) is 2.79. The number of rotatable bonds is 7. The highest BCUT2D eigenvalue weighted by Gasteiger charge is 2.38. The summed E-state index contributed by atoms with van der Waals surface area (Å²) in [7, 11) is 1.64. The van der Waals surface area contributed by atoms with Gasteiger partial charge in [-0.3, -0.25) is 0 Å². The first-order valence-corrected chi connectivity index (χ1v) is 6.95. The molecule has 1 fully saturated rings. The predicted molar refractivity (Wildman–Crippen MR) is 76.3 cm³/mol. The Hall–Kier alpha value is -1.30. The van der Waals surface area contributed by atoms with Gasteiger partial charge in [0.05, 0.1) is 13.2 Å². The van der Waals surface area contributed by atoms with Crippen molar-refractivity contribution in [3.05, 3.63) is 24.3 Å². The summed E-state index contributed by atoms with van der Waals surface area (Å²) in [5.41, 5.74) is -0.750. The molecule has 0 aromatic heterocycles. The maximum atomic E-state index is 10.3. The van der Waals surface area contributed by atoms with Crippen LogP contribution in [-0.4, -0.2) is 50.2 Å². The first kappa shape index (κ1) is 15.1. The topological polar surface area (TPSA) is 60.0 Å². The van der Waals surface area contributed by atoms with Crippen molar-refractivity contribution in [2.75, 3.05) is 33.4 Å². The normalized spacial score (nSPS) is 25.6. The molecule has 0 aliphatic carbocycles. The average molecular weight is 281 g/mol. The molecule has 0 radical (unpaired) electrons. The molecule has 1 heterocycles. The van der Waals surface area contributed by atoms with Crippen molar-refractivity contribution in [2.45, 2.75) is 25.0 Å². The largest absolute Gasteiger partial charge is 0.497 e. The quantitative estimate of drug-likeness (QED) is 0.736. The van der Waals surface area contributed by atoms with E-state index in [1.54, 1.807) is 7.11 Å². The molecule has 20 heavy (non-hydrogen) atoms. The van der Waals surface area contributed by atoms with Crippen LogP contribution in [0.4, 0.5) is 0 Å². The number of benzene rings is 1. The van der Waals surface area contributed by atoms with E-state index in [1.165, 1.54) is 0 Å². The molecule has 2 rings (SSSR count). The Morgan fingerprint density at radius 2 is 2.05 bits per heavy atom. The molecule has 0 bridgehead atoms. The summed E-state index contributed by atoms with van der Waals surface area (Å²) in [4.78, 5) is 0. The molecule has 1 aromatic carbocycles. The van der Waals surface area contributed by atoms with Crippen LogP contribution in [0.15, 0.2) is 24.3 Å². The van der Waals surface area contributed by atoms with Crippen molar-refractivity contribution in [1.82, 2.24) is 5.32 Å². The van der Waals surface area contributed by atoms with E-state index in [0.29, 0.717) is 32.7 Å². The van der Waals surface area contributed by atoms with Gasteiger partial charge in [-0.25, -0.2) is 0 Å². The summed E-state index contributed by atoms with van der Waals surface area (Å²) in [6, 6.07) is 7.48. The van der Waals surface area contributed by atoms with Crippen molar-refractivity contribution in [3.8, 4) is 11.5 Å². The molecule has 2 atom stereocenters. The van der Waals surface area contributed by atoms with Gasteiger partial charge in [0.25, 0.3) is 0 Å². The number of ether oxygens (including phenoxy) is 3. The zero-order valence-corrected chi connectivity index (χ0v) is 12.1. The Morgan fingerprint density at radius 1 is 1.35 bits per heavy atom. The number of methoxy groups -OCH3 is 1. The van der Waals surface area contributed by atoms with Crippen LogP contribution in [0.1, 0.15) is 13.3 Å². The minimum atomic E-state index is -0.750. The Balaban J connectivity index is 1.64. The maximum Gasteiger partial charge on any atom is 0.119 e. The fraction of sp³-hybridized carbons (Fsp3) is 0.600. The third kappa shape index (κ3) is 3.85. The molecule has 5 heteroatoms. The van der Waals surface area contributed by atoms with Gasteiger partial charge in [-0.1, -0.05) is 0 Å². The highest BCUT2D eigenvalue weighted by atomic mass is 16.5. The van der Waals surface area contributed by atoms with Gasteiger partial charge in [-0.05, 0) is 31.2 Å². The monoisotopic (exact) mass is 281 g/mol. The van der Waals surface area contributed by atoms with Crippen LogP contribution in [0.25, 0.3) is 0 Å². The number of hydrogen-bond acceptors (Lipinski definition) is 5. The van der Waals surface area contributed by atoms with Gasteiger partial charge in [0, 0.05) is 26.1 Å². The second-order valence-electron chi connectivity index (χ2n) is 5.07. The lowest BCUT2D eigenvalue weighted by Gasteiger charge is -2.26. The Labute approximate surface area is 119 Å². The SMILES string of the molecule is COc1ccc(OCCNCC2(O)CCOC2C)cc1. The first-order valence-electron chi connectivity index (χ1n) is 6.95. The van der Waals surface area contributed by atoms with Crippen LogP contribution < -0.4 is 14.8 Å². The zero-order valence-electron chi connectivity index (χ0n) is 12.1. The van der Waals surface area contributed by atoms with E-state index >= 15 is 0 Å². The van der Waals surface area contributed by atoms with Crippen LogP contribution in [0, 0.1) is 0 Å². The standard InChI is InChI=1S/C15H23NO4/c1-12-15(17,7-9-19-12)11-16-8-10-20-14-5-3-13(18-2)4-6-14/h3-6,12,16-17H,7-11H2,1-2H3. The van der Waals surface area contributed by atoms with Crippen molar-refractivity contribution in [1.29, 1.82) is 0 Å². The van der Waals surface area contributed by atoms with Crippen molar-refractivity contribution < 1.29 is 19.3 Å². The summed E-state index contributed by atoms with van der Waals surface area (Å²) in [5.74, 6) is 1.62. The minimum Gasteiger partial charge on any atom is -0.497 e. The Morgan fingerprint density at radius 3 is 2.65 bits per heavy atom. The lowest BCUT2D eigenvalue weighted by molar-refractivity contribution is -0.0263. The molecule has 1 aliphatic heterocycles. The Kier molecular flexibility index (Phi) is 5.23. The highest BCUT2D eigenvalue weighted by Crippen LogP contribution is 2.24. The molecular weight excluding hydrogens is 258 g/mol. The van der Waals surface area contributed by atoms with Gasteiger partial charge in [0.15, 0.2) is 0 Å². The summed E-state index contributed by atoms with van der Waals surface area (Å²) in [6.07, 6.45) is 0.568. The molecule has 112 valence electrons. The molecule has 2 unspecified atom stereocenters. The van der Waals surface area contributed by atoms with E-state index in [1.807, 2.05) is 31.2 Å². The van der Waals surface area contributed by atoms with Gasteiger partial charge in [0.2, 0.25) is 0 Å². The Bertz CT molecular complexity index is 409. The van der Waals surface area contributed by atoms with E-state index in [4.69, 9.17) is 14.2 Å². The zero-order chi connectivity index (χ0) is 14.4. The predicted octanol–water partition coefficient (Wildman–Crippen LogP) is 1.20. The number of aliphatic hydroxyl groups is 1. The van der Waals surface area contributed by atoms with E-state index in [9.17, 15) is 5.11 Å². The summed E-state index contributed by atoms with van der Waals surface area (Å²) in [5, 5.41) is 13.5. The van der Waals surface area contributed by atoms with Crippen LogP contribution in [0.3, 0.4) is 0 Å². The summed E-state index contributed by atoms with van der Waals surface area (Å²) >= 11 is 0. The molecule has 0 saturated carbocycles. The van der Waals surface area contributed by atoms with E-state index in [-0.39, 0.29) is 6.10 Å². The van der Waals surface area contributed by atoms with Gasteiger partial charge < -0.3 is 24.6 Å². The lowest BCUT2D eigenvalue weighted by Crippen LogP contribution is -2.46. The molecule has 0 amide bonds. The summed E-state index contributed by atoms with van der Waals surface area (Å²) in [6.45, 7) is 4.29. The van der Waals surface area contributed by atoms with E-state index < -0.39 is 5.60 Å². The van der Waals surface area contributed by atoms with Crippen LogP contribution >= 0.6 is 0 Å². The van der Waals surface area contributed by atoms with Crippen molar-refractivity contribution >= 4 is 0 Å². The van der Waals surface area contributed by atoms with E-state index in [0.717, 1.165) is 11.5 Å². The lowest BCUT2D eigenvalue weighted by atomic mass is 9.97. The molecule has 2 N–H and O–H groups in total. The second kappa shape index (κ2) is 6.92. The minimum absolute atomic E-state index is 0.113. The third-order valence-electron chi connectivity index (χ3n) is 3.70. The molecule has 1 saturated heterocycles. The molecule has 5 nitrogen and oxygen atoms in total. The fourth-order valence-electron chi connectivity index (χ4n) is 2.22. The fourth-order valence-corrected chi connectivity index (χ4v) is 2.22. The molecule has 1 aliphatic rings. The van der Waals surface area contributed by atoms with E-state index in [2.05, 4.69) is 5.32 Å². The second-order valence-corrected chi connectivity index (χ2v) is 5.07. The molecule has 0 spiro atoms. The first-order chi connectivity index (χ1) is 9.64.